The smallest absolute Gasteiger partial charge is 0.239 e. The lowest BCUT2D eigenvalue weighted by Crippen LogP contribution is -2.36. The second kappa shape index (κ2) is 7.03. The van der Waals surface area contributed by atoms with Gasteiger partial charge in [-0.3, -0.25) is 4.79 Å². The van der Waals surface area contributed by atoms with Crippen LogP contribution in [0.25, 0.3) is 0 Å². The van der Waals surface area contributed by atoms with Crippen molar-refractivity contribution in [3.8, 4) is 11.5 Å². The van der Waals surface area contributed by atoms with Crippen molar-refractivity contribution in [2.24, 2.45) is 0 Å². The number of nitrogens with one attached hydrogen (secondary N) is 2. The minimum atomic E-state index is 0.0229. The molecule has 1 aliphatic rings. The number of hydrogen-bond acceptors (Lipinski definition) is 4. The number of hydrogen-bond donors (Lipinski definition) is 2. The molecule has 0 bridgehead atoms. The molecule has 0 saturated heterocycles. The highest BCUT2D eigenvalue weighted by Gasteiger charge is 2.17. The number of amides is 1. The van der Waals surface area contributed by atoms with E-state index in [1.54, 1.807) is 20.3 Å². The molecule has 1 aromatic carbocycles. The summed E-state index contributed by atoms with van der Waals surface area (Å²) in [6.07, 6.45) is 4.62. The number of benzene rings is 1. The Morgan fingerprint density at radius 1 is 1.25 bits per heavy atom. The third-order valence-corrected chi connectivity index (χ3v) is 3.57. The van der Waals surface area contributed by atoms with E-state index in [0.717, 1.165) is 24.3 Å². The summed E-state index contributed by atoms with van der Waals surface area (Å²) < 4.78 is 10.4. The molecule has 0 atom stereocenters. The van der Waals surface area contributed by atoms with Gasteiger partial charge in [0.25, 0.3) is 0 Å². The van der Waals surface area contributed by atoms with Gasteiger partial charge in [-0.1, -0.05) is 12.8 Å². The number of anilines is 1. The maximum atomic E-state index is 11.9. The van der Waals surface area contributed by atoms with Crippen LogP contribution in [0.5, 0.6) is 11.5 Å². The van der Waals surface area contributed by atoms with Crippen molar-refractivity contribution in [3.63, 3.8) is 0 Å². The lowest BCUT2D eigenvalue weighted by Gasteiger charge is -2.14. The molecule has 0 aromatic heterocycles. The zero-order chi connectivity index (χ0) is 14.4. The Morgan fingerprint density at radius 2 is 2.00 bits per heavy atom. The van der Waals surface area contributed by atoms with E-state index in [4.69, 9.17) is 9.47 Å². The largest absolute Gasteiger partial charge is 0.497 e. The van der Waals surface area contributed by atoms with Crippen LogP contribution in [-0.2, 0) is 4.79 Å². The van der Waals surface area contributed by atoms with Gasteiger partial charge in [-0.15, -0.1) is 0 Å². The van der Waals surface area contributed by atoms with E-state index in [0.29, 0.717) is 11.8 Å². The number of methoxy groups -OCH3 is 2. The van der Waals surface area contributed by atoms with Gasteiger partial charge in [-0.2, -0.15) is 0 Å². The van der Waals surface area contributed by atoms with Crippen molar-refractivity contribution in [2.45, 2.75) is 31.7 Å². The third kappa shape index (κ3) is 3.79. The van der Waals surface area contributed by atoms with Gasteiger partial charge in [0.15, 0.2) is 0 Å². The summed E-state index contributed by atoms with van der Waals surface area (Å²) in [7, 11) is 3.20. The molecular weight excluding hydrogens is 256 g/mol. The van der Waals surface area contributed by atoms with Crippen LogP contribution < -0.4 is 20.1 Å². The molecule has 1 saturated carbocycles. The van der Waals surface area contributed by atoms with Gasteiger partial charge >= 0.3 is 0 Å². The maximum absolute atomic E-state index is 11.9. The van der Waals surface area contributed by atoms with Crippen LogP contribution in [-0.4, -0.2) is 32.7 Å². The predicted molar refractivity (Wildman–Crippen MR) is 78.4 cm³/mol. The van der Waals surface area contributed by atoms with E-state index in [2.05, 4.69) is 10.6 Å². The normalized spacial score (nSPS) is 14.9. The molecule has 1 amide bonds. The highest BCUT2D eigenvalue weighted by Crippen LogP contribution is 2.28. The standard InChI is InChI=1S/C15H22N2O3/c1-19-12-7-8-13(14(9-12)20-2)16-10-15(18)17-11-5-3-4-6-11/h7-9,11,16H,3-6,10H2,1-2H3,(H,17,18). The Kier molecular flexibility index (Phi) is 5.09. The summed E-state index contributed by atoms with van der Waals surface area (Å²) in [5.74, 6) is 1.41. The highest BCUT2D eigenvalue weighted by atomic mass is 16.5. The van der Waals surface area contributed by atoms with Gasteiger partial charge in [0.1, 0.15) is 11.5 Å². The van der Waals surface area contributed by atoms with E-state index >= 15 is 0 Å². The van der Waals surface area contributed by atoms with Crippen molar-refractivity contribution >= 4 is 11.6 Å². The fourth-order valence-electron chi connectivity index (χ4n) is 2.47. The van der Waals surface area contributed by atoms with Crippen LogP contribution in [0.4, 0.5) is 5.69 Å². The minimum absolute atomic E-state index is 0.0229. The molecule has 1 aliphatic carbocycles. The highest BCUT2D eigenvalue weighted by molar-refractivity contribution is 5.81. The van der Waals surface area contributed by atoms with Gasteiger partial charge in [0.05, 0.1) is 26.5 Å². The molecule has 0 radical (unpaired) electrons. The van der Waals surface area contributed by atoms with Crippen LogP contribution in [0.2, 0.25) is 0 Å². The first-order valence-corrected chi connectivity index (χ1v) is 6.98. The summed E-state index contributed by atoms with van der Waals surface area (Å²) in [4.78, 5) is 11.9. The lowest BCUT2D eigenvalue weighted by atomic mass is 10.2. The zero-order valence-electron chi connectivity index (χ0n) is 12.1. The predicted octanol–water partition coefficient (Wildman–Crippen LogP) is 2.17. The molecule has 0 spiro atoms. The van der Waals surface area contributed by atoms with Gasteiger partial charge in [-0.25, -0.2) is 0 Å². The number of rotatable bonds is 6. The third-order valence-electron chi connectivity index (χ3n) is 3.57. The molecule has 2 rings (SSSR count). The molecule has 0 heterocycles. The first-order chi connectivity index (χ1) is 9.72. The number of ether oxygens (including phenoxy) is 2. The summed E-state index contributed by atoms with van der Waals surface area (Å²) in [6, 6.07) is 5.82. The maximum Gasteiger partial charge on any atom is 0.239 e. The van der Waals surface area contributed by atoms with Crippen molar-refractivity contribution in [3.05, 3.63) is 18.2 Å². The molecule has 0 unspecified atom stereocenters. The van der Waals surface area contributed by atoms with Crippen LogP contribution in [0.3, 0.4) is 0 Å². The first kappa shape index (κ1) is 14.5. The van der Waals surface area contributed by atoms with Crippen LogP contribution in [0.15, 0.2) is 18.2 Å². The molecule has 5 heteroatoms. The molecule has 2 N–H and O–H groups in total. The van der Waals surface area contributed by atoms with Crippen LogP contribution >= 0.6 is 0 Å². The summed E-state index contributed by atoms with van der Waals surface area (Å²) in [5, 5.41) is 6.14. The second-order valence-electron chi connectivity index (χ2n) is 4.97. The van der Waals surface area contributed by atoms with Crippen molar-refractivity contribution < 1.29 is 14.3 Å². The average molecular weight is 278 g/mol. The Hall–Kier alpha value is -1.91. The zero-order valence-corrected chi connectivity index (χ0v) is 12.1. The Morgan fingerprint density at radius 3 is 2.65 bits per heavy atom. The molecule has 1 fully saturated rings. The molecule has 20 heavy (non-hydrogen) atoms. The van der Waals surface area contributed by atoms with E-state index < -0.39 is 0 Å². The topological polar surface area (TPSA) is 59.6 Å². The molecule has 1 aromatic rings. The Labute approximate surface area is 119 Å². The van der Waals surface area contributed by atoms with E-state index in [1.807, 2.05) is 12.1 Å². The van der Waals surface area contributed by atoms with E-state index in [-0.39, 0.29) is 12.5 Å². The first-order valence-electron chi connectivity index (χ1n) is 6.98. The van der Waals surface area contributed by atoms with Crippen molar-refractivity contribution in [1.82, 2.24) is 5.32 Å². The fourth-order valence-corrected chi connectivity index (χ4v) is 2.47. The molecule has 110 valence electrons. The Balaban J connectivity index is 1.87. The van der Waals surface area contributed by atoms with Crippen molar-refractivity contribution in [1.29, 1.82) is 0 Å². The quantitative estimate of drug-likeness (QED) is 0.837. The SMILES string of the molecule is COc1ccc(NCC(=O)NC2CCCC2)c(OC)c1. The van der Waals surface area contributed by atoms with Crippen LogP contribution in [0, 0.1) is 0 Å². The molecular formula is C15H22N2O3. The summed E-state index contributed by atoms with van der Waals surface area (Å²) in [5.41, 5.74) is 0.787. The number of carbonyl (C=O) groups excluding carboxylic acids is 1. The van der Waals surface area contributed by atoms with Gasteiger partial charge in [0, 0.05) is 12.1 Å². The minimum Gasteiger partial charge on any atom is -0.497 e. The molecule has 5 nitrogen and oxygen atoms in total. The Bertz CT molecular complexity index is 456. The fraction of sp³-hybridized carbons (Fsp3) is 0.533. The summed E-state index contributed by atoms with van der Waals surface area (Å²) in [6.45, 7) is 0.249. The number of carbonyl (C=O) groups is 1. The van der Waals surface area contributed by atoms with E-state index in [1.165, 1.54) is 12.8 Å². The van der Waals surface area contributed by atoms with Gasteiger partial charge < -0.3 is 20.1 Å². The second-order valence-corrected chi connectivity index (χ2v) is 4.97. The lowest BCUT2D eigenvalue weighted by molar-refractivity contribution is -0.120. The molecule has 0 aliphatic heterocycles. The summed E-state index contributed by atoms with van der Waals surface area (Å²) >= 11 is 0. The van der Waals surface area contributed by atoms with Gasteiger partial charge in [-0.05, 0) is 25.0 Å². The average Bonchev–Trinajstić information content (AvgIpc) is 2.97. The van der Waals surface area contributed by atoms with Crippen molar-refractivity contribution in [2.75, 3.05) is 26.1 Å². The monoisotopic (exact) mass is 278 g/mol. The van der Waals surface area contributed by atoms with Crippen LogP contribution in [0.1, 0.15) is 25.7 Å². The van der Waals surface area contributed by atoms with E-state index in [9.17, 15) is 4.79 Å². The van der Waals surface area contributed by atoms with Gasteiger partial charge in [0.2, 0.25) is 5.91 Å².